The molecular formula is C20H23N3O. The number of hydrogen-bond acceptors (Lipinski definition) is 4. The standard InChI is InChI=1S/C20H23N3O/c1-14(2)19-22-18-7-5-4-6-17(18)20(23-19)21-13-12-15-8-10-16(24-3)11-9-15/h4-11,14H,12-13H2,1-3H3,(H,21,22,23). The van der Waals surface area contributed by atoms with Crippen molar-refractivity contribution in [2.24, 2.45) is 0 Å². The topological polar surface area (TPSA) is 47.0 Å². The molecule has 0 unspecified atom stereocenters. The van der Waals surface area contributed by atoms with Gasteiger partial charge in [-0.05, 0) is 36.2 Å². The first-order valence-electron chi connectivity index (χ1n) is 8.31. The van der Waals surface area contributed by atoms with E-state index in [9.17, 15) is 0 Å². The molecule has 2 aromatic carbocycles. The lowest BCUT2D eigenvalue weighted by molar-refractivity contribution is 0.414. The predicted molar refractivity (Wildman–Crippen MR) is 98.8 cm³/mol. The van der Waals surface area contributed by atoms with Crippen LogP contribution < -0.4 is 10.1 Å². The van der Waals surface area contributed by atoms with Gasteiger partial charge in [-0.2, -0.15) is 0 Å². The molecule has 1 N–H and O–H groups in total. The molecule has 1 aromatic heterocycles. The third-order valence-electron chi connectivity index (χ3n) is 4.00. The number of benzene rings is 2. The quantitative estimate of drug-likeness (QED) is 0.730. The minimum Gasteiger partial charge on any atom is -0.497 e. The van der Waals surface area contributed by atoms with Crippen LogP contribution in [-0.2, 0) is 6.42 Å². The van der Waals surface area contributed by atoms with E-state index >= 15 is 0 Å². The maximum atomic E-state index is 5.19. The van der Waals surface area contributed by atoms with Gasteiger partial charge in [0.25, 0.3) is 0 Å². The lowest BCUT2D eigenvalue weighted by Gasteiger charge is -2.12. The van der Waals surface area contributed by atoms with E-state index in [1.165, 1.54) is 5.56 Å². The summed E-state index contributed by atoms with van der Waals surface area (Å²) in [5, 5.41) is 4.54. The zero-order chi connectivity index (χ0) is 16.9. The first kappa shape index (κ1) is 16.2. The number of para-hydroxylation sites is 1. The van der Waals surface area contributed by atoms with Gasteiger partial charge in [-0.1, -0.05) is 38.1 Å². The molecule has 0 bridgehead atoms. The average Bonchev–Trinajstić information content (AvgIpc) is 2.62. The fraction of sp³-hybridized carbons (Fsp3) is 0.300. The molecule has 0 radical (unpaired) electrons. The highest BCUT2D eigenvalue weighted by molar-refractivity contribution is 5.89. The molecule has 0 aliphatic heterocycles. The van der Waals surface area contributed by atoms with Gasteiger partial charge in [0.15, 0.2) is 0 Å². The number of fused-ring (bicyclic) bond motifs is 1. The molecule has 0 saturated carbocycles. The highest BCUT2D eigenvalue weighted by Gasteiger charge is 2.09. The monoisotopic (exact) mass is 321 g/mol. The molecule has 0 fully saturated rings. The molecule has 0 spiro atoms. The van der Waals surface area contributed by atoms with Crippen molar-refractivity contribution < 1.29 is 4.74 Å². The number of hydrogen-bond donors (Lipinski definition) is 1. The normalized spacial score (nSPS) is 11.0. The second-order valence-corrected chi connectivity index (χ2v) is 6.13. The van der Waals surface area contributed by atoms with Crippen molar-refractivity contribution in [1.29, 1.82) is 0 Å². The van der Waals surface area contributed by atoms with Crippen LogP contribution in [0.1, 0.15) is 31.2 Å². The fourth-order valence-corrected chi connectivity index (χ4v) is 2.60. The minimum atomic E-state index is 0.303. The van der Waals surface area contributed by atoms with Gasteiger partial charge >= 0.3 is 0 Å². The molecule has 0 aliphatic rings. The van der Waals surface area contributed by atoms with Crippen molar-refractivity contribution in [2.45, 2.75) is 26.2 Å². The van der Waals surface area contributed by atoms with Gasteiger partial charge in [-0.3, -0.25) is 0 Å². The zero-order valence-corrected chi connectivity index (χ0v) is 14.4. The van der Waals surface area contributed by atoms with Crippen LogP contribution in [-0.4, -0.2) is 23.6 Å². The maximum Gasteiger partial charge on any atom is 0.137 e. The SMILES string of the molecule is COc1ccc(CCNc2nc(C(C)C)nc3ccccc23)cc1. The number of ether oxygens (including phenoxy) is 1. The van der Waals surface area contributed by atoms with Crippen LogP contribution in [0.4, 0.5) is 5.82 Å². The summed E-state index contributed by atoms with van der Waals surface area (Å²) in [6.45, 7) is 5.06. The van der Waals surface area contributed by atoms with Crippen LogP contribution >= 0.6 is 0 Å². The van der Waals surface area contributed by atoms with Crippen LogP contribution in [0.15, 0.2) is 48.5 Å². The lowest BCUT2D eigenvalue weighted by atomic mass is 10.1. The molecule has 4 nitrogen and oxygen atoms in total. The highest BCUT2D eigenvalue weighted by Crippen LogP contribution is 2.23. The van der Waals surface area contributed by atoms with E-state index in [0.29, 0.717) is 5.92 Å². The highest BCUT2D eigenvalue weighted by atomic mass is 16.5. The Balaban J connectivity index is 1.76. The van der Waals surface area contributed by atoms with E-state index in [1.807, 2.05) is 30.3 Å². The minimum absolute atomic E-state index is 0.303. The van der Waals surface area contributed by atoms with Crippen molar-refractivity contribution in [1.82, 2.24) is 9.97 Å². The van der Waals surface area contributed by atoms with Crippen molar-refractivity contribution in [3.63, 3.8) is 0 Å². The van der Waals surface area contributed by atoms with Crippen LogP contribution in [0, 0.1) is 0 Å². The predicted octanol–water partition coefficient (Wildman–Crippen LogP) is 4.42. The van der Waals surface area contributed by atoms with E-state index in [2.05, 4.69) is 42.3 Å². The Hall–Kier alpha value is -2.62. The third-order valence-corrected chi connectivity index (χ3v) is 4.00. The van der Waals surface area contributed by atoms with Crippen LogP contribution in [0.5, 0.6) is 5.75 Å². The first-order chi connectivity index (χ1) is 11.7. The largest absolute Gasteiger partial charge is 0.497 e. The number of rotatable bonds is 6. The molecule has 124 valence electrons. The summed E-state index contributed by atoms with van der Waals surface area (Å²) >= 11 is 0. The summed E-state index contributed by atoms with van der Waals surface area (Å²) in [5.74, 6) is 2.98. The first-order valence-corrected chi connectivity index (χ1v) is 8.31. The average molecular weight is 321 g/mol. The van der Waals surface area contributed by atoms with E-state index in [4.69, 9.17) is 9.72 Å². The van der Waals surface area contributed by atoms with Gasteiger partial charge < -0.3 is 10.1 Å². The zero-order valence-electron chi connectivity index (χ0n) is 14.4. The van der Waals surface area contributed by atoms with Gasteiger partial charge in [-0.25, -0.2) is 9.97 Å². The summed E-state index contributed by atoms with van der Waals surface area (Å²) < 4.78 is 5.19. The van der Waals surface area contributed by atoms with Crippen molar-refractivity contribution in [3.8, 4) is 5.75 Å². The Morgan fingerprint density at radius 1 is 1.00 bits per heavy atom. The van der Waals surface area contributed by atoms with E-state index in [1.54, 1.807) is 7.11 Å². The molecule has 1 heterocycles. The Morgan fingerprint density at radius 3 is 2.46 bits per heavy atom. The molecular weight excluding hydrogens is 298 g/mol. The molecule has 0 saturated heterocycles. The fourth-order valence-electron chi connectivity index (χ4n) is 2.60. The van der Waals surface area contributed by atoms with Gasteiger partial charge in [0.2, 0.25) is 0 Å². The summed E-state index contributed by atoms with van der Waals surface area (Å²) in [5.41, 5.74) is 2.26. The summed E-state index contributed by atoms with van der Waals surface area (Å²) in [7, 11) is 1.68. The maximum absolute atomic E-state index is 5.19. The molecule has 0 amide bonds. The Labute approximate surface area is 142 Å². The number of nitrogens with zero attached hydrogens (tertiary/aromatic N) is 2. The molecule has 4 heteroatoms. The summed E-state index contributed by atoms with van der Waals surface area (Å²) in [4.78, 5) is 9.37. The molecule has 24 heavy (non-hydrogen) atoms. The second kappa shape index (κ2) is 7.30. The number of nitrogens with one attached hydrogen (secondary N) is 1. The van der Waals surface area contributed by atoms with Crippen molar-refractivity contribution >= 4 is 16.7 Å². The van der Waals surface area contributed by atoms with Gasteiger partial charge in [-0.15, -0.1) is 0 Å². The summed E-state index contributed by atoms with van der Waals surface area (Å²) in [6, 6.07) is 16.3. The van der Waals surface area contributed by atoms with E-state index in [-0.39, 0.29) is 0 Å². The Morgan fingerprint density at radius 2 is 1.75 bits per heavy atom. The summed E-state index contributed by atoms with van der Waals surface area (Å²) in [6.07, 6.45) is 0.930. The molecule has 3 rings (SSSR count). The van der Waals surface area contributed by atoms with Crippen LogP contribution in [0.25, 0.3) is 10.9 Å². The smallest absolute Gasteiger partial charge is 0.137 e. The van der Waals surface area contributed by atoms with Crippen molar-refractivity contribution in [3.05, 3.63) is 59.9 Å². The number of methoxy groups -OCH3 is 1. The number of aromatic nitrogens is 2. The third kappa shape index (κ3) is 3.65. The van der Waals surface area contributed by atoms with Gasteiger partial charge in [0.05, 0.1) is 12.6 Å². The lowest BCUT2D eigenvalue weighted by Crippen LogP contribution is -2.09. The number of anilines is 1. The van der Waals surface area contributed by atoms with Gasteiger partial charge in [0, 0.05) is 17.8 Å². The second-order valence-electron chi connectivity index (χ2n) is 6.13. The Bertz CT molecular complexity index is 813. The van der Waals surface area contributed by atoms with Crippen LogP contribution in [0.2, 0.25) is 0 Å². The molecule has 3 aromatic rings. The Kier molecular flexibility index (Phi) is 4.94. The van der Waals surface area contributed by atoms with Gasteiger partial charge in [0.1, 0.15) is 17.4 Å². The van der Waals surface area contributed by atoms with Crippen LogP contribution in [0.3, 0.4) is 0 Å². The van der Waals surface area contributed by atoms with E-state index < -0.39 is 0 Å². The molecule has 0 atom stereocenters. The van der Waals surface area contributed by atoms with Crippen molar-refractivity contribution in [2.75, 3.05) is 19.0 Å². The van der Waals surface area contributed by atoms with E-state index in [0.717, 1.165) is 41.3 Å². The molecule has 0 aliphatic carbocycles.